The van der Waals surface area contributed by atoms with E-state index in [-0.39, 0.29) is 5.56 Å². The van der Waals surface area contributed by atoms with Gasteiger partial charge in [0.05, 0.1) is 5.56 Å². The third-order valence-electron chi connectivity index (χ3n) is 4.02. The number of hydrogen-bond acceptors (Lipinski definition) is 4. The second kappa shape index (κ2) is 6.61. The van der Waals surface area contributed by atoms with Gasteiger partial charge in [0.2, 0.25) is 0 Å². The molecule has 5 heteroatoms. The lowest BCUT2D eigenvalue weighted by Gasteiger charge is -2.24. The molecule has 1 saturated carbocycles. The monoisotopic (exact) mass is 277 g/mol. The molecule has 1 aromatic rings. The van der Waals surface area contributed by atoms with Crippen molar-refractivity contribution in [3.05, 3.63) is 23.8 Å². The molecule has 0 spiro atoms. The number of nitrogens with two attached hydrogens (primary N) is 1. The van der Waals surface area contributed by atoms with E-state index in [2.05, 4.69) is 17.3 Å². The van der Waals surface area contributed by atoms with Gasteiger partial charge in [-0.05, 0) is 38.1 Å². The molecule has 1 aromatic carbocycles. The van der Waals surface area contributed by atoms with Crippen molar-refractivity contribution in [2.75, 3.05) is 31.2 Å². The summed E-state index contributed by atoms with van der Waals surface area (Å²) >= 11 is 0. The molecular formula is C15H23N3O2. The maximum Gasteiger partial charge on any atom is 0.337 e. The maximum atomic E-state index is 10.9. The molecule has 0 radical (unpaired) electrons. The largest absolute Gasteiger partial charge is 0.478 e. The molecular weight excluding hydrogens is 254 g/mol. The minimum atomic E-state index is -0.991. The fraction of sp³-hybridized carbons (Fsp3) is 0.533. The van der Waals surface area contributed by atoms with Crippen LogP contribution in [0.4, 0.5) is 11.4 Å². The number of anilines is 2. The number of likely N-dealkylation sites (N-methyl/N-ethyl adjacent to an activating group) is 1. The first-order valence-electron chi connectivity index (χ1n) is 7.15. The second-order valence-electron chi connectivity index (χ2n) is 5.45. The minimum absolute atomic E-state index is 0.152. The van der Waals surface area contributed by atoms with Crippen molar-refractivity contribution in [1.29, 1.82) is 0 Å². The molecule has 1 aliphatic carbocycles. The number of nitrogens with one attached hydrogen (secondary N) is 1. The normalized spacial score (nSPS) is 15.7. The van der Waals surface area contributed by atoms with Crippen LogP contribution < -0.4 is 11.1 Å². The van der Waals surface area contributed by atoms with Crippen molar-refractivity contribution < 1.29 is 9.90 Å². The van der Waals surface area contributed by atoms with Gasteiger partial charge in [-0.3, -0.25) is 0 Å². The Labute approximate surface area is 119 Å². The first-order valence-corrected chi connectivity index (χ1v) is 7.15. The average Bonchev–Trinajstić information content (AvgIpc) is 2.92. The smallest absolute Gasteiger partial charge is 0.337 e. The Morgan fingerprint density at radius 1 is 1.45 bits per heavy atom. The molecule has 0 saturated heterocycles. The minimum Gasteiger partial charge on any atom is -0.478 e. The van der Waals surface area contributed by atoms with E-state index in [0.717, 1.165) is 24.8 Å². The zero-order valence-electron chi connectivity index (χ0n) is 11.9. The molecule has 1 fully saturated rings. The molecule has 0 bridgehead atoms. The van der Waals surface area contributed by atoms with E-state index in [9.17, 15) is 4.79 Å². The summed E-state index contributed by atoms with van der Waals surface area (Å²) in [6.07, 6.45) is 5.29. The van der Waals surface area contributed by atoms with E-state index in [1.54, 1.807) is 18.2 Å². The van der Waals surface area contributed by atoms with E-state index >= 15 is 0 Å². The Bertz CT molecular complexity index is 470. The molecule has 0 amide bonds. The maximum absolute atomic E-state index is 10.9. The van der Waals surface area contributed by atoms with Gasteiger partial charge in [0.25, 0.3) is 0 Å². The molecule has 1 aliphatic rings. The van der Waals surface area contributed by atoms with Gasteiger partial charge < -0.3 is 21.1 Å². The van der Waals surface area contributed by atoms with Crippen LogP contribution in [0.1, 0.15) is 36.0 Å². The Morgan fingerprint density at radius 2 is 2.15 bits per heavy atom. The predicted octanol–water partition coefficient (Wildman–Crippen LogP) is 2.25. The number of rotatable bonds is 6. The van der Waals surface area contributed by atoms with E-state index < -0.39 is 5.97 Å². The summed E-state index contributed by atoms with van der Waals surface area (Å²) in [6, 6.07) is 5.70. The summed E-state index contributed by atoms with van der Waals surface area (Å²) < 4.78 is 0. The lowest BCUT2D eigenvalue weighted by Crippen LogP contribution is -2.33. The zero-order chi connectivity index (χ0) is 14.5. The van der Waals surface area contributed by atoms with E-state index in [4.69, 9.17) is 10.8 Å². The van der Waals surface area contributed by atoms with Crippen molar-refractivity contribution in [2.24, 2.45) is 0 Å². The summed E-state index contributed by atoms with van der Waals surface area (Å²) in [5.41, 5.74) is 7.04. The van der Waals surface area contributed by atoms with Crippen LogP contribution in [0.2, 0.25) is 0 Å². The summed E-state index contributed by atoms with van der Waals surface area (Å²) in [5.74, 6) is -0.991. The number of aromatic carboxylic acids is 1. The van der Waals surface area contributed by atoms with E-state index in [1.165, 1.54) is 25.7 Å². The summed E-state index contributed by atoms with van der Waals surface area (Å²) in [7, 11) is 2.17. The van der Waals surface area contributed by atoms with Crippen LogP contribution in [0.3, 0.4) is 0 Å². The average molecular weight is 277 g/mol. The molecule has 110 valence electrons. The quantitative estimate of drug-likeness (QED) is 0.695. The van der Waals surface area contributed by atoms with Gasteiger partial charge in [-0.2, -0.15) is 0 Å². The number of carboxylic acid groups (broad SMARTS) is 1. The number of hydrogen-bond donors (Lipinski definition) is 3. The highest BCUT2D eigenvalue weighted by Crippen LogP contribution is 2.22. The second-order valence-corrected chi connectivity index (χ2v) is 5.45. The first kappa shape index (κ1) is 14.7. The molecule has 5 nitrogen and oxygen atoms in total. The van der Waals surface area contributed by atoms with Crippen molar-refractivity contribution in [3.63, 3.8) is 0 Å². The fourth-order valence-corrected chi connectivity index (χ4v) is 2.77. The van der Waals surface area contributed by atoms with Gasteiger partial charge >= 0.3 is 5.97 Å². The van der Waals surface area contributed by atoms with Gasteiger partial charge in [-0.1, -0.05) is 12.8 Å². The highest BCUT2D eigenvalue weighted by atomic mass is 16.4. The van der Waals surface area contributed by atoms with Crippen LogP contribution in [-0.2, 0) is 0 Å². The standard InChI is InChI=1S/C15H23N3O2/c1-18(12-4-2-3-5-12)9-8-17-11-6-7-13(15(19)20)14(16)10-11/h6-7,10,12,17H,2-5,8-9,16H2,1H3,(H,19,20). The van der Waals surface area contributed by atoms with Crippen molar-refractivity contribution in [1.82, 2.24) is 4.90 Å². The number of nitrogens with zero attached hydrogens (tertiary/aromatic N) is 1. The Kier molecular flexibility index (Phi) is 4.84. The lowest BCUT2D eigenvalue weighted by molar-refractivity contribution is 0.0698. The molecule has 0 aromatic heterocycles. The van der Waals surface area contributed by atoms with Crippen molar-refractivity contribution in [3.8, 4) is 0 Å². The van der Waals surface area contributed by atoms with Crippen LogP contribution in [0.15, 0.2) is 18.2 Å². The number of benzene rings is 1. The number of nitrogen functional groups attached to an aromatic ring is 1. The van der Waals surface area contributed by atoms with E-state index in [0.29, 0.717) is 5.69 Å². The van der Waals surface area contributed by atoms with E-state index in [1.807, 2.05) is 0 Å². The molecule has 0 unspecified atom stereocenters. The van der Waals surface area contributed by atoms with Crippen molar-refractivity contribution in [2.45, 2.75) is 31.7 Å². The van der Waals surface area contributed by atoms with Gasteiger partial charge in [-0.25, -0.2) is 4.79 Å². The third-order valence-corrected chi connectivity index (χ3v) is 4.02. The fourth-order valence-electron chi connectivity index (χ4n) is 2.77. The Balaban J connectivity index is 1.82. The van der Waals surface area contributed by atoms with Crippen LogP contribution in [0.5, 0.6) is 0 Å². The van der Waals surface area contributed by atoms with Crippen LogP contribution in [0, 0.1) is 0 Å². The first-order chi connectivity index (χ1) is 9.58. The zero-order valence-corrected chi connectivity index (χ0v) is 11.9. The molecule has 4 N–H and O–H groups in total. The van der Waals surface area contributed by atoms with Gasteiger partial charge in [0.15, 0.2) is 0 Å². The van der Waals surface area contributed by atoms with Crippen LogP contribution >= 0.6 is 0 Å². The van der Waals surface area contributed by atoms with Gasteiger partial charge in [0, 0.05) is 30.5 Å². The Hall–Kier alpha value is -1.75. The SMILES string of the molecule is CN(CCNc1ccc(C(=O)O)c(N)c1)C1CCCC1. The molecule has 0 aliphatic heterocycles. The topological polar surface area (TPSA) is 78.6 Å². The summed E-state index contributed by atoms with van der Waals surface area (Å²) in [4.78, 5) is 13.3. The summed E-state index contributed by atoms with van der Waals surface area (Å²) in [6.45, 7) is 1.81. The molecule has 20 heavy (non-hydrogen) atoms. The summed E-state index contributed by atoms with van der Waals surface area (Å²) in [5, 5.41) is 12.2. The third kappa shape index (κ3) is 3.63. The van der Waals surface area contributed by atoms with Crippen molar-refractivity contribution >= 4 is 17.3 Å². The van der Waals surface area contributed by atoms with Gasteiger partial charge in [0.1, 0.15) is 0 Å². The molecule has 0 heterocycles. The molecule has 2 rings (SSSR count). The highest BCUT2D eigenvalue weighted by molar-refractivity contribution is 5.94. The highest BCUT2D eigenvalue weighted by Gasteiger charge is 2.18. The predicted molar refractivity (Wildman–Crippen MR) is 81.2 cm³/mol. The number of carbonyl (C=O) groups is 1. The Morgan fingerprint density at radius 3 is 2.75 bits per heavy atom. The number of carboxylic acids is 1. The van der Waals surface area contributed by atoms with Gasteiger partial charge in [-0.15, -0.1) is 0 Å². The van der Waals surface area contributed by atoms with Crippen LogP contribution in [0.25, 0.3) is 0 Å². The molecule has 0 atom stereocenters. The van der Waals surface area contributed by atoms with Crippen LogP contribution in [-0.4, -0.2) is 42.2 Å². The lowest BCUT2D eigenvalue weighted by atomic mass is 10.1.